The standard InChI is InChI=1S/C27H31F4N5O3/c1-14(2)15-9-10-36(24(38)22(26(3,4)5)35-25(39)27(29,30)31)21(15)23(37)34-20(11-32)18-13-33-12-17-16(18)7-6-8-19(17)28/h6-8,12-15,20-22H,9-10H2,1-5H3,(H,34,37)(H,35,39)/t15-,20?,21+,22-/m1/s1. The van der Waals surface area contributed by atoms with Crippen LogP contribution in [0.1, 0.15) is 52.6 Å². The first kappa shape index (κ1) is 29.8. The number of rotatable bonds is 6. The molecule has 2 heterocycles. The topological polar surface area (TPSA) is 115 Å². The molecular weight excluding hydrogens is 518 g/mol. The number of hydrogen-bond acceptors (Lipinski definition) is 5. The second kappa shape index (κ2) is 11.2. The van der Waals surface area contributed by atoms with Gasteiger partial charge < -0.3 is 15.5 Å². The van der Waals surface area contributed by atoms with Crippen LogP contribution in [0.15, 0.2) is 30.6 Å². The fourth-order valence-electron chi connectivity index (χ4n) is 4.94. The number of aromatic nitrogens is 1. The van der Waals surface area contributed by atoms with E-state index in [4.69, 9.17) is 0 Å². The Morgan fingerprint density at radius 3 is 2.33 bits per heavy atom. The summed E-state index contributed by atoms with van der Waals surface area (Å²) in [5, 5.41) is 14.9. The highest BCUT2D eigenvalue weighted by molar-refractivity contribution is 5.95. The lowest BCUT2D eigenvalue weighted by Crippen LogP contribution is -2.60. The van der Waals surface area contributed by atoms with Crippen LogP contribution in [0, 0.1) is 34.4 Å². The molecule has 4 atom stereocenters. The van der Waals surface area contributed by atoms with Gasteiger partial charge in [0.15, 0.2) is 0 Å². The van der Waals surface area contributed by atoms with Crippen molar-refractivity contribution in [3.63, 3.8) is 0 Å². The summed E-state index contributed by atoms with van der Waals surface area (Å²) in [5.74, 6) is -4.77. The van der Waals surface area contributed by atoms with Crippen molar-refractivity contribution in [3.8, 4) is 6.07 Å². The quantitative estimate of drug-likeness (QED) is 0.529. The lowest BCUT2D eigenvalue weighted by molar-refractivity contribution is -0.176. The minimum atomic E-state index is -5.20. The van der Waals surface area contributed by atoms with Gasteiger partial charge in [0.2, 0.25) is 11.8 Å². The van der Waals surface area contributed by atoms with E-state index in [9.17, 15) is 37.2 Å². The molecule has 1 unspecified atom stereocenters. The van der Waals surface area contributed by atoms with E-state index in [0.29, 0.717) is 11.8 Å². The molecule has 1 saturated heterocycles. The van der Waals surface area contributed by atoms with Gasteiger partial charge in [-0.15, -0.1) is 0 Å². The summed E-state index contributed by atoms with van der Waals surface area (Å²) in [4.78, 5) is 44.2. The van der Waals surface area contributed by atoms with Crippen LogP contribution in [0.5, 0.6) is 0 Å². The molecule has 39 heavy (non-hydrogen) atoms. The molecular formula is C27H31F4N5O3. The lowest BCUT2D eigenvalue weighted by Gasteiger charge is -2.37. The van der Waals surface area contributed by atoms with Crippen molar-refractivity contribution in [2.45, 2.75) is 65.3 Å². The maximum atomic E-state index is 14.3. The van der Waals surface area contributed by atoms with Crippen LogP contribution in [0.4, 0.5) is 17.6 Å². The molecule has 8 nitrogen and oxygen atoms in total. The predicted octanol–water partition coefficient (Wildman–Crippen LogP) is 4.02. The highest BCUT2D eigenvalue weighted by Crippen LogP contribution is 2.34. The summed E-state index contributed by atoms with van der Waals surface area (Å²) in [7, 11) is 0. The number of carbonyl (C=O) groups is 3. The average molecular weight is 550 g/mol. The second-order valence-electron chi connectivity index (χ2n) is 11.1. The molecule has 2 N–H and O–H groups in total. The number of nitriles is 1. The van der Waals surface area contributed by atoms with Gasteiger partial charge in [-0.2, -0.15) is 18.4 Å². The molecule has 1 aromatic heterocycles. The first-order valence-corrected chi connectivity index (χ1v) is 12.5. The van der Waals surface area contributed by atoms with Crippen molar-refractivity contribution in [1.82, 2.24) is 20.5 Å². The van der Waals surface area contributed by atoms with Crippen molar-refractivity contribution < 1.29 is 31.9 Å². The van der Waals surface area contributed by atoms with E-state index in [1.807, 2.05) is 19.9 Å². The minimum absolute atomic E-state index is 0.0759. The molecule has 3 amide bonds. The lowest BCUT2D eigenvalue weighted by atomic mass is 9.84. The molecule has 2 aromatic rings. The van der Waals surface area contributed by atoms with Gasteiger partial charge in [0.05, 0.1) is 6.07 Å². The van der Waals surface area contributed by atoms with E-state index in [1.165, 1.54) is 50.2 Å². The Morgan fingerprint density at radius 1 is 1.10 bits per heavy atom. The minimum Gasteiger partial charge on any atom is -0.336 e. The average Bonchev–Trinajstić information content (AvgIpc) is 3.30. The summed E-state index contributed by atoms with van der Waals surface area (Å²) in [5.41, 5.74) is -0.854. The van der Waals surface area contributed by atoms with Gasteiger partial charge in [-0.1, -0.05) is 46.8 Å². The smallest absolute Gasteiger partial charge is 0.336 e. The van der Waals surface area contributed by atoms with Crippen LogP contribution < -0.4 is 10.6 Å². The second-order valence-corrected chi connectivity index (χ2v) is 11.1. The van der Waals surface area contributed by atoms with E-state index in [-0.39, 0.29) is 29.3 Å². The van der Waals surface area contributed by atoms with Crippen LogP contribution in [0.2, 0.25) is 0 Å². The SMILES string of the molecule is CC(C)[C@H]1CCN(C(=O)[C@@H](NC(=O)C(F)(F)F)C(C)(C)C)[C@@H]1C(=O)NC(C#N)c1cncc2c(F)cccc12. The number of nitrogens with one attached hydrogen (secondary N) is 2. The van der Waals surface area contributed by atoms with E-state index in [2.05, 4.69) is 10.3 Å². The molecule has 0 radical (unpaired) electrons. The number of pyridine rings is 1. The van der Waals surface area contributed by atoms with Crippen molar-refractivity contribution in [2.24, 2.45) is 17.3 Å². The predicted molar refractivity (Wildman–Crippen MR) is 134 cm³/mol. The molecule has 0 aliphatic carbocycles. The first-order valence-electron chi connectivity index (χ1n) is 12.5. The summed E-state index contributed by atoms with van der Waals surface area (Å²) in [6, 6.07) is 2.36. The van der Waals surface area contributed by atoms with Crippen molar-refractivity contribution in [3.05, 3.63) is 42.0 Å². The van der Waals surface area contributed by atoms with Crippen molar-refractivity contribution >= 4 is 28.5 Å². The molecule has 0 bridgehead atoms. The van der Waals surface area contributed by atoms with Crippen molar-refractivity contribution in [2.75, 3.05) is 6.54 Å². The Hall–Kier alpha value is -3.75. The Labute approximate surface area is 223 Å². The Morgan fingerprint density at radius 2 is 1.77 bits per heavy atom. The third kappa shape index (κ3) is 6.29. The number of carbonyl (C=O) groups excluding carboxylic acids is 3. The number of fused-ring (bicyclic) bond motifs is 1. The van der Waals surface area contributed by atoms with Crippen LogP contribution in [0.3, 0.4) is 0 Å². The molecule has 1 aliphatic heterocycles. The zero-order valence-corrected chi connectivity index (χ0v) is 22.3. The number of likely N-dealkylation sites (tertiary alicyclic amines) is 1. The van der Waals surface area contributed by atoms with Gasteiger partial charge in [-0.25, -0.2) is 4.39 Å². The molecule has 12 heteroatoms. The zero-order chi connectivity index (χ0) is 29.3. The third-order valence-corrected chi connectivity index (χ3v) is 7.01. The van der Waals surface area contributed by atoms with E-state index in [0.717, 1.165) is 0 Å². The van der Waals surface area contributed by atoms with Crippen LogP contribution in [-0.4, -0.2) is 52.4 Å². The summed E-state index contributed by atoms with van der Waals surface area (Å²) >= 11 is 0. The summed E-state index contributed by atoms with van der Waals surface area (Å²) < 4.78 is 53.4. The monoisotopic (exact) mass is 549 g/mol. The Kier molecular flexibility index (Phi) is 8.53. The van der Waals surface area contributed by atoms with Crippen LogP contribution in [-0.2, 0) is 14.4 Å². The number of nitrogens with zero attached hydrogens (tertiary/aromatic N) is 3. The molecule has 0 saturated carbocycles. The van der Waals surface area contributed by atoms with Crippen molar-refractivity contribution in [1.29, 1.82) is 5.26 Å². The first-order chi connectivity index (χ1) is 18.1. The van der Waals surface area contributed by atoms with Gasteiger partial charge in [0, 0.05) is 29.9 Å². The molecule has 0 spiro atoms. The summed E-state index contributed by atoms with van der Waals surface area (Å²) in [6.07, 6.45) is -2.16. The van der Waals surface area contributed by atoms with Gasteiger partial charge in [0.25, 0.3) is 0 Å². The largest absolute Gasteiger partial charge is 0.471 e. The van der Waals surface area contributed by atoms with Crippen LogP contribution in [0.25, 0.3) is 10.8 Å². The summed E-state index contributed by atoms with van der Waals surface area (Å²) in [6.45, 7) is 8.31. The number of benzene rings is 1. The van der Waals surface area contributed by atoms with E-state index < -0.39 is 53.3 Å². The molecule has 1 aromatic carbocycles. The molecule has 210 valence electrons. The van der Waals surface area contributed by atoms with Gasteiger partial charge >= 0.3 is 12.1 Å². The number of amides is 3. The van der Waals surface area contributed by atoms with E-state index in [1.54, 1.807) is 11.4 Å². The highest BCUT2D eigenvalue weighted by atomic mass is 19.4. The van der Waals surface area contributed by atoms with Gasteiger partial charge in [0.1, 0.15) is 23.9 Å². The number of halogens is 4. The highest BCUT2D eigenvalue weighted by Gasteiger charge is 2.49. The Bertz CT molecular complexity index is 1300. The molecule has 3 rings (SSSR count). The number of alkyl halides is 3. The maximum absolute atomic E-state index is 14.3. The fourth-order valence-corrected chi connectivity index (χ4v) is 4.94. The fraction of sp³-hybridized carbons (Fsp3) is 0.519. The number of hydrogen-bond donors (Lipinski definition) is 2. The third-order valence-electron chi connectivity index (χ3n) is 7.01. The van der Waals surface area contributed by atoms with Gasteiger partial charge in [-0.05, 0) is 35.1 Å². The van der Waals surface area contributed by atoms with E-state index >= 15 is 0 Å². The Balaban J connectivity index is 1.96. The maximum Gasteiger partial charge on any atom is 0.471 e. The zero-order valence-electron chi connectivity index (χ0n) is 22.3. The normalized spacial score (nSPS) is 19.5. The van der Waals surface area contributed by atoms with Gasteiger partial charge in [-0.3, -0.25) is 19.4 Å². The molecule has 1 fully saturated rings. The molecule has 1 aliphatic rings. The van der Waals surface area contributed by atoms with Crippen LogP contribution >= 0.6 is 0 Å².